The van der Waals surface area contributed by atoms with Gasteiger partial charge in [0.1, 0.15) is 18.5 Å². The molecule has 1 aliphatic heterocycles. The maximum absolute atomic E-state index is 12.9. The van der Waals surface area contributed by atoms with E-state index in [1.54, 1.807) is 16.3 Å². The van der Waals surface area contributed by atoms with Crippen LogP contribution in [0.2, 0.25) is 0 Å². The molecule has 5 N–H and O–H groups in total. The van der Waals surface area contributed by atoms with Gasteiger partial charge in [-0.25, -0.2) is 4.79 Å². The molecule has 180 valence electrons. The van der Waals surface area contributed by atoms with E-state index < -0.39 is 12.1 Å². The highest BCUT2D eigenvalue weighted by molar-refractivity contribution is 7.10. The first-order valence-corrected chi connectivity index (χ1v) is 12.1. The van der Waals surface area contributed by atoms with Crippen LogP contribution >= 0.6 is 11.3 Å². The molecule has 1 aromatic carbocycles. The standard InChI is InChI=1S/C24H29N5O4S/c1-24-10-18(29(19(24)11-24)20(30)7-8-25)22(31)27-12-17-9-16(14-34-17)21(26)28-23(32)33-13-15-5-3-2-4-6-15/h2-6,9,14,18-19H,7-8,10-13,25H2,1H3,(H,27,31)(H2,26,28,32)/t18-,19-,24+/m0/s1. The first kappa shape index (κ1) is 23.9. The third kappa shape index (κ3) is 5.28. The van der Waals surface area contributed by atoms with E-state index in [0.29, 0.717) is 12.0 Å². The number of nitrogens with two attached hydrogens (primary N) is 1. The topological polar surface area (TPSA) is 138 Å². The number of nitrogens with one attached hydrogen (secondary N) is 3. The normalized spacial score (nSPS) is 22.6. The Morgan fingerprint density at radius 2 is 2.03 bits per heavy atom. The lowest BCUT2D eigenvalue weighted by Gasteiger charge is -2.26. The molecule has 2 aromatic rings. The number of piperidine rings is 1. The van der Waals surface area contributed by atoms with Gasteiger partial charge in [-0.05, 0) is 29.9 Å². The van der Waals surface area contributed by atoms with Crippen LogP contribution in [0.15, 0.2) is 41.8 Å². The number of rotatable bonds is 8. The largest absolute Gasteiger partial charge is 0.444 e. The number of nitrogens with zero attached hydrogens (tertiary/aromatic N) is 1. The molecule has 0 spiro atoms. The summed E-state index contributed by atoms with van der Waals surface area (Å²) in [6, 6.07) is 10.7. The minimum Gasteiger partial charge on any atom is -0.444 e. The molecule has 2 aliphatic rings. The summed E-state index contributed by atoms with van der Waals surface area (Å²) >= 11 is 1.38. The van der Waals surface area contributed by atoms with Gasteiger partial charge in [-0.2, -0.15) is 0 Å². The van der Waals surface area contributed by atoms with Crippen molar-refractivity contribution in [1.29, 1.82) is 5.41 Å². The van der Waals surface area contributed by atoms with Gasteiger partial charge in [-0.3, -0.25) is 20.3 Å². The Morgan fingerprint density at radius 3 is 2.76 bits per heavy atom. The van der Waals surface area contributed by atoms with Crippen LogP contribution in [-0.4, -0.2) is 47.3 Å². The first-order chi connectivity index (χ1) is 16.3. The lowest BCUT2D eigenvalue weighted by atomic mass is 10.0. The predicted octanol–water partition coefficient (Wildman–Crippen LogP) is 2.34. The zero-order valence-electron chi connectivity index (χ0n) is 19.0. The van der Waals surface area contributed by atoms with Crippen molar-refractivity contribution in [2.75, 3.05) is 6.54 Å². The van der Waals surface area contributed by atoms with Crippen molar-refractivity contribution >= 4 is 35.1 Å². The van der Waals surface area contributed by atoms with Crippen molar-refractivity contribution in [1.82, 2.24) is 15.5 Å². The molecular formula is C24H29N5O4S. The molecule has 9 nitrogen and oxygen atoms in total. The summed E-state index contributed by atoms with van der Waals surface area (Å²) < 4.78 is 5.15. The van der Waals surface area contributed by atoms with Crippen molar-refractivity contribution in [3.8, 4) is 0 Å². The number of hydrogen-bond acceptors (Lipinski definition) is 7. The fourth-order valence-corrected chi connectivity index (χ4v) is 5.26. The van der Waals surface area contributed by atoms with Crippen LogP contribution in [-0.2, 0) is 27.5 Å². The average molecular weight is 484 g/mol. The summed E-state index contributed by atoms with van der Waals surface area (Å²) in [6.07, 6.45) is 1.14. The quantitative estimate of drug-likeness (QED) is 0.337. The number of benzene rings is 1. The maximum Gasteiger partial charge on any atom is 0.413 e. The highest BCUT2D eigenvalue weighted by Gasteiger charge is 2.64. The summed E-state index contributed by atoms with van der Waals surface area (Å²) in [5, 5.41) is 15.2. The van der Waals surface area contributed by atoms with Gasteiger partial charge in [0.05, 0.1) is 6.54 Å². The Hall–Kier alpha value is -3.24. The Balaban J connectivity index is 1.26. The fourth-order valence-electron chi connectivity index (χ4n) is 4.44. The second-order valence-corrected chi connectivity index (χ2v) is 10.0. The number of carbonyl (C=O) groups is 3. The molecule has 1 aromatic heterocycles. The van der Waals surface area contributed by atoms with Crippen molar-refractivity contribution in [3.63, 3.8) is 0 Å². The lowest BCUT2D eigenvalue weighted by Crippen LogP contribution is -2.48. The van der Waals surface area contributed by atoms with Gasteiger partial charge in [-0.1, -0.05) is 37.3 Å². The third-order valence-electron chi connectivity index (χ3n) is 6.40. The number of alkyl carbamates (subject to hydrolysis) is 1. The summed E-state index contributed by atoms with van der Waals surface area (Å²) in [7, 11) is 0. The molecule has 0 unspecified atom stereocenters. The zero-order chi connectivity index (χ0) is 24.3. The molecule has 3 atom stereocenters. The molecule has 4 rings (SSSR count). The highest BCUT2D eigenvalue weighted by atomic mass is 32.1. The zero-order valence-corrected chi connectivity index (χ0v) is 19.8. The van der Waals surface area contributed by atoms with Crippen molar-refractivity contribution in [2.45, 2.75) is 51.4 Å². The summed E-state index contributed by atoms with van der Waals surface area (Å²) in [6.45, 7) is 2.78. The number of amides is 3. The molecule has 0 radical (unpaired) electrons. The van der Waals surface area contributed by atoms with Crippen LogP contribution < -0.4 is 16.4 Å². The molecule has 1 aliphatic carbocycles. The monoisotopic (exact) mass is 483 g/mol. The summed E-state index contributed by atoms with van der Waals surface area (Å²) in [5.74, 6) is -0.313. The minimum atomic E-state index is -0.703. The Morgan fingerprint density at radius 1 is 1.26 bits per heavy atom. The van der Waals surface area contributed by atoms with Gasteiger partial charge in [0.25, 0.3) is 0 Å². The predicted molar refractivity (Wildman–Crippen MR) is 128 cm³/mol. The van der Waals surface area contributed by atoms with Crippen LogP contribution in [0.5, 0.6) is 0 Å². The number of thiophene rings is 1. The molecule has 10 heteroatoms. The number of likely N-dealkylation sites (tertiary alicyclic amines) is 1. The Kier molecular flexibility index (Phi) is 6.99. The van der Waals surface area contributed by atoms with Gasteiger partial charge < -0.3 is 20.7 Å². The second-order valence-electron chi connectivity index (χ2n) is 9.01. The van der Waals surface area contributed by atoms with Gasteiger partial charge in [0, 0.05) is 34.8 Å². The van der Waals surface area contributed by atoms with E-state index in [1.165, 1.54) is 11.3 Å². The number of hydrogen-bond donors (Lipinski definition) is 4. The third-order valence-corrected chi connectivity index (χ3v) is 7.34. The number of carbonyl (C=O) groups excluding carboxylic acids is 3. The minimum absolute atomic E-state index is 0.0260. The van der Waals surface area contributed by atoms with Crippen molar-refractivity contribution < 1.29 is 19.1 Å². The SMILES string of the molecule is C[C@@]12C[C@@H]1N(C(=O)CCN)[C@H](C(=O)NCc1cc(C(=N)NC(=O)OCc3ccccc3)cs1)C2. The molecule has 1 saturated heterocycles. The van der Waals surface area contributed by atoms with E-state index in [9.17, 15) is 14.4 Å². The van der Waals surface area contributed by atoms with Crippen LogP contribution in [0.1, 0.15) is 42.2 Å². The molecule has 2 fully saturated rings. The van der Waals surface area contributed by atoms with Gasteiger partial charge >= 0.3 is 6.09 Å². The van der Waals surface area contributed by atoms with E-state index in [1.807, 2.05) is 30.3 Å². The van der Waals surface area contributed by atoms with E-state index >= 15 is 0 Å². The van der Waals surface area contributed by atoms with E-state index in [2.05, 4.69) is 17.6 Å². The van der Waals surface area contributed by atoms with Gasteiger partial charge in [0.2, 0.25) is 11.8 Å². The Labute approximate surface area is 202 Å². The number of fused-ring (bicyclic) bond motifs is 1. The van der Waals surface area contributed by atoms with Crippen LogP contribution in [0.4, 0.5) is 4.79 Å². The summed E-state index contributed by atoms with van der Waals surface area (Å²) in [4.78, 5) is 39.9. The van der Waals surface area contributed by atoms with Gasteiger partial charge in [0.15, 0.2) is 0 Å². The average Bonchev–Trinajstić information content (AvgIpc) is 3.15. The van der Waals surface area contributed by atoms with Crippen LogP contribution in [0.3, 0.4) is 0 Å². The number of ether oxygens (including phenoxy) is 1. The maximum atomic E-state index is 12.9. The second kappa shape index (κ2) is 9.94. The smallest absolute Gasteiger partial charge is 0.413 e. The van der Waals surface area contributed by atoms with E-state index in [-0.39, 0.29) is 55.2 Å². The molecule has 3 amide bonds. The van der Waals surface area contributed by atoms with E-state index in [4.69, 9.17) is 15.9 Å². The fraction of sp³-hybridized carbons (Fsp3) is 0.417. The highest BCUT2D eigenvalue weighted by Crippen LogP contribution is 2.59. The van der Waals surface area contributed by atoms with Crippen molar-refractivity contribution in [2.24, 2.45) is 11.1 Å². The van der Waals surface area contributed by atoms with Crippen LogP contribution in [0, 0.1) is 10.8 Å². The molecule has 1 saturated carbocycles. The lowest BCUT2D eigenvalue weighted by molar-refractivity contribution is -0.139. The Bertz CT molecular complexity index is 1090. The van der Waals surface area contributed by atoms with Gasteiger partial charge in [-0.15, -0.1) is 11.3 Å². The molecule has 34 heavy (non-hydrogen) atoms. The first-order valence-electron chi connectivity index (χ1n) is 11.2. The summed E-state index contributed by atoms with van der Waals surface area (Å²) in [5.41, 5.74) is 6.96. The molecule has 2 heterocycles. The molecular weight excluding hydrogens is 454 g/mol. The van der Waals surface area contributed by atoms with Crippen LogP contribution in [0.25, 0.3) is 0 Å². The van der Waals surface area contributed by atoms with Crippen molar-refractivity contribution in [3.05, 3.63) is 57.8 Å². The van der Waals surface area contributed by atoms with E-state index in [0.717, 1.165) is 16.9 Å². The number of amidine groups is 1. The molecule has 0 bridgehead atoms.